The molecule has 1 amide bonds. The Bertz CT molecular complexity index is 707. The summed E-state index contributed by atoms with van der Waals surface area (Å²) in [6.07, 6.45) is 0. The lowest BCUT2D eigenvalue weighted by Gasteiger charge is -2.32. The lowest BCUT2D eigenvalue weighted by molar-refractivity contribution is -0.147. The van der Waals surface area contributed by atoms with E-state index < -0.39 is 12.0 Å². The maximum absolute atomic E-state index is 12.7. The molecule has 0 radical (unpaired) electrons. The fourth-order valence-electron chi connectivity index (χ4n) is 2.69. The topological polar surface area (TPSA) is 71.8 Å². The first-order valence-corrected chi connectivity index (χ1v) is 6.75. The number of morpholine rings is 1. The summed E-state index contributed by atoms with van der Waals surface area (Å²) in [6.45, 7) is 0.682. The van der Waals surface area contributed by atoms with Crippen LogP contribution in [0.4, 0.5) is 0 Å². The van der Waals surface area contributed by atoms with Gasteiger partial charge in [-0.1, -0.05) is 18.2 Å². The van der Waals surface area contributed by atoms with Gasteiger partial charge in [-0.2, -0.15) is 0 Å². The minimum absolute atomic E-state index is 0.0328. The Morgan fingerprint density at radius 3 is 2.81 bits per heavy atom. The molecule has 1 aliphatic rings. The highest BCUT2D eigenvalue weighted by molar-refractivity contribution is 6.00. The van der Waals surface area contributed by atoms with Crippen LogP contribution in [-0.4, -0.2) is 52.3 Å². The molecule has 0 spiro atoms. The molecule has 6 heteroatoms. The number of hydrogen-bond donors (Lipinski definition) is 1. The molecule has 1 atom stereocenters. The third-order valence-electron chi connectivity index (χ3n) is 3.85. The van der Waals surface area contributed by atoms with Crippen molar-refractivity contribution in [3.05, 3.63) is 36.0 Å². The number of hydrogen-bond acceptors (Lipinski definition) is 3. The zero-order valence-electron chi connectivity index (χ0n) is 11.7. The summed E-state index contributed by atoms with van der Waals surface area (Å²) in [5.41, 5.74) is 1.44. The van der Waals surface area contributed by atoms with Crippen molar-refractivity contribution in [2.24, 2.45) is 7.05 Å². The Kier molecular flexibility index (Phi) is 3.39. The summed E-state index contributed by atoms with van der Waals surface area (Å²) < 4.78 is 6.96. The van der Waals surface area contributed by atoms with E-state index in [9.17, 15) is 14.7 Å². The van der Waals surface area contributed by atoms with Gasteiger partial charge in [-0.05, 0) is 12.1 Å². The average molecular weight is 288 g/mol. The second kappa shape index (κ2) is 5.21. The second-order valence-corrected chi connectivity index (χ2v) is 5.07. The van der Waals surface area contributed by atoms with Gasteiger partial charge in [0, 0.05) is 24.5 Å². The van der Waals surface area contributed by atoms with Crippen molar-refractivity contribution >= 4 is 22.8 Å². The summed E-state index contributed by atoms with van der Waals surface area (Å²) in [6, 6.07) is 8.55. The summed E-state index contributed by atoms with van der Waals surface area (Å²) in [4.78, 5) is 25.3. The number of para-hydroxylation sites is 1. The highest BCUT2D eigenvalue weighted by Crippen LogP contribution is 2.21. The van der Waals surface area contributed by atoms with Gasteiger partial charge in [-0.25, -0.2) is 4.79 Å². The van der Waals surface area contributed by atoms with E-state index in [1.807, 2.05) is 31.3 Å². The molecule has 1 aromatic heterocycles. The van der Waals surface area contributed by atoms with Gasteiger partial charge in [0.15, 0.2) is 6.04 Å². The van der Waals surface area contributed by atoms with E-state index in [1.165, 1.54) is 4.90 Å². The van der Waals surface area contributed by atoms with E-state index in [1.54, 1.807) is 10.6 Å². The molecule has 6 nitrogen and oxygen atoms in total. The number of carboxylic acids is 1. The normalized spacial score (nSPS) is 18.9. The van der Waals surface area contributed by atoms with Crippen LogP contribution in [0, 0.1) is 0 Å². The number of carbonyl (C=O) groups excluding carboxylic acids is 1. The highest BCUT2D eigenvalue weighted by Gasteiger charge is 2.34. The van der Waals surface area contributed by atoms with Crippen LogP contribution < -0.4 is 0 Å². The Hall–Kier alpha value is -2.34. The quantitative estimate of drug-likeness (QED) is 0.898. The number of aryl methyl sites for hydroxylation is 1. The maximum atomic E-state index is 12.7. The van der Waals surface area contributed by atoms with Crippen molar-refractivity contribution in [3.63, 3.8) is 0 Å². The van der Waals surface area contributed by atoms with Gasteiger partial charge in [-0.15, -0.1) is 0 Å². The van der Waals surface area contributed by atoms with Crippen molar-refractivity contribution in [1.29, 1.82) is 0 Å². The second-order valence-electron chi connectivity index (χ2n) is 5.07. The third-order valence-corrected chi connectivity index (χ3v) is 3.85. The molecular weight excluding hydrogens is 272 g/mol. The summed E-state index contributed by atoms with van der Waals surface area (Å²) >= 11 is 0. The summed E-state index contributed by atoms with van der Waals surface area (Å²) in [5, 5.41) is 10.2. The number of rotatable bonds is 2. The van der Waals surface area contributed by atoms with E-state index in [0.29, 0.717) is 12.3 Å². The monoisotopic (exact) mass is 288 g/mol. The number of carboxylic acid groups (broad SMARTS) is 1. The zero-order chi connectivity index (χ0) is 15.0. The Morgan fingerprint density at radius 1 is 1.33 bits per heavy atom. The molecule has 1 aromatic carbocycles. The highest BCUT2D eigenvalue weighted by atomic mass is 16.5. The van der Waals surface area contributed by atoms with Crippen LogP contribution in [-0.2, 0) is 16.6 Å². The lowest BCUT2D eigenvalue weighted by atomic mass is 10.2. The van der Waals surface area contributed by atoms with Crippen LogP contribution in [0.25, 0.3) is 10.9 Å². The number of aliphatic carboxylic acids is 1. The zero-order valence-corrected chi connectivity index (χ0v) is 11.7. The molecule has 3 rings (SSSR count). The SMILES string of the molecule is Cn1c(C(=O)N2CCOC[C@@H]2C(=O)O)cc2ccccc21. The van der Waals surface area contributed by atoms with Gasteiger partial charge in [0.25, 0.3) is 5.91 Å². The number of nitrogens with zero attached hydrogens (tertiary/aromatic N) is 2. The van der Waals surface area contributed by atoms with Crippen LogP contribution in [0.3, 0.4) is 0 Å². The molecule has 1 aliphatic heterocycles. The van der Waals surface area contributed by atoms with Crippen LogP contribution >= 0.6 is 0 Å². The third kappa shape index (κ3) is 2.27. The van der Waals surface area contributed by atoms with Gasteiger partial charge >= 0.3 is 5.97 Å². The fraction of sp³-hybridized carbons (Fsp3) is 0.333. The van der Waals surface area contributed by atoms with Gasteiger partial charge in [0.2, 0.25) is 0 Å². The smallest absolute Gasteiger partial charge is 0.328 e. The first-order valence-electron chi connectivity index (χ1n) is 6.75. The molecule has 110 valence electrons. The van der Waals surface area contributed by atoms with Crippen molar-refractivity contribution in [3.8, 4) is 0 Å². The molecule has 1 N–H and O–H groups in total. The van der Waals surface area contributed by atoms with E-state index in [4.69, 9.17) is 4.74 Å². The number of benzene rings is 1. The molecule has 2 heterocycles. The predicted molar refractivity (Wildman–Crippen MR) is 76.2 cm³/mol. The molecule has 21 heavy (non-hydrogen) atoms. The number of amides is 1. The van der Waals surface area contributed by atoms with Crippen LogP contribution in [0.1, 0.15) is 10.5 Å². The Labute approximate surface area is 121 Å². The minimum Gasteiger partial charge on any atom is -0.480 e. The largest absolute Gasteiger partial charge is 0.480 e. The molecule has 0 aliphatic carbocycles. The number of ether oxygens (including phenoxy) is 1. The molecule has 1 fully saturated rings. The van der Waals surface area contributed by atoms with Crippen molar-refractivity contribution in [1.82, 2.24) is 9.47 Å². The minimum atomic E-state index is -1.04. The molecule has 0 bridgehead atoms. The maximum Gasteiger partial charge on any atom is 0.328 e. The van der Waals surface area contributed by atoms with Gasteiger partial charge in [0.1, 0.15) is 5.69 Å². The molecule has 0 unspecified atom stereocenters. The van der Waals surface area contributed by atoms with E-state index >= 15 is 0 Å². The van der Waals surface area contributed by atoms with E-state index in [0.717, 1.165) is 10.9 Å². The van der Waals surface area contributed by atoms with Crippen molar-refractivity contribution < 1.29 is 19.4 Å². The first-order chi connectivity index (χ1) is 10.1. The summed E-state index contributed by atoms with van der Waals surface area (Å²) in [7, 11) is 1.81. The van der Waals surface area contributed by atoms with Crippen molar-refractivity contribution in [2.45, 2.75) is 6.04 Å². The molecular formula is C15H16N2O4. The van der Waals surface area contributed by atoms with Crippen molar-refractivity contribution in [2.75, 3.05) is 19.8 Å². The van der Waals surface area contributed by atoms with Crippen LogP contribution in [0.15, 0.2) is 30.3 Å². The average Bonchev–Trinajstić information content (AvgIpc) is 2.84. The standard InChI is InChI=1S/C15H16N2O4/c1-16-11-5-3-2-4-10(11)8-12(16)14(18)17-6-7-21-9-13(17)15(19)20/h2-5,8,13H,6-7,9H2,1H3,(H,19,20)/t13-/m1/s1. The van der Waals surface area contributed by atoms with Gasteiger partial charge < -0.3 is 19.3 Å². The van der Waals surface area contributed by atoms with Crippen LogP contribution in [0.5, 0.6) is 0 Å². The fourth-order valence-corrected chi connectivity index (χ4v) is 2.69. The summed E-state index contributed by atoms with van der Waals surface area (Å²) in [5.74, 6) is -1.31. The number of aromatic nitrogens is 1. The predicted octanol–water partition coefficient (Wildman–Crippen LogP) is 1.10. The molecule has 1 saturated heterocycles. The number of fused-ring (bicyclic) bond motifs is 1. The first kappa shape index (κ1) is 13.6. The Morgan fingerprint density at radius 2 is 2.10 bits per heavy atom. The molecule has 0 saturated carbocycles. The molecule has 2 aromatic rings. The van der Waals surface area contributed by atoms with Gasteiger partial charge in [-0.3, -0.25) is 4.79 Å². The van der Waals surface area contributed by atoms with E-state index in [2.05, 4.69) is 0 Å². The Balaban J connectivity index is 1.99. The van der Waals surface area contributed by atoms with Gasteiger partial charge in [0.05, 0.1) is 13.2 Å². The van der Waals surface area contributed by atoms with E-state index in [-0.39, 0.29) is 19.1 Å². The van der Waals surface area contributed by atoms with Crippen LogP contribution in [0.2, 0.25) is 0 Å². The number of carbonyl (C=O) groups is 2. The lowest BCUT2D eigenvalue weighted by Crippen LogP contribution is -2.52.